The molecule has 1 atom stereocenters. The van der Waals surface area contributed by atoms with Gasteiger partial charge < -0.3 is 15.2 Å². The van der Waals surface area contributed by atoms with E-state index < -0.39 is 0 Å². The quantitative estimate of drug-likeness (QED) is 0.559. The second-order valence-electron chi connectivity index (χ2n) is 5.98. The molecule has 4 rings (SSSR count). The van der Waals surface area contributed by atoms with Crippen LogP contribution in [-0.4, -0.2) is 28.7 Å². The van der Waals surface area contributed by atoms with Gasteiger partial charge in [0, 0.05) is 28.1 Å². The minimum Gasteiger partial charge on any atom is -0.354 e. The van der Waals surface area contributed by atoms with Crippen molar-refractivity contribution in [3.63, 3.8) is 0 Å². The summed E-state index contributed by atoms with van der Waals surface area (Å²) in [5.74, 6) is 0.996. The van der Waals surface area contributed by atoms with Gasteiger partial charge in [-0.1, -0.05) is 0 Å². The van der Waals surface area contributed by atoms with Gasteiger partial charge in [0.1, 0.15) is 5.52 Å². The molecule has 2 aliphatic heterocycles. The average molecular weight is 530 g/mol. The molecule has 0 spiro atoms. The minimum absolute atomic E-state index is 0. The van der Waals surface area contributed by atoms with Crippen LogP contribution in [0.5, 0.6) is 0 Å². The third kappa shape index (κ3) is 3.08. The largest absolute Gasteiger partial charge is 0.354 e. The lowest BCUT2D eigenvalue weighted by Gasteiger charge is -2.20. The van der Waals surface area contributed by atoms with E-state index in [1.165, 1.54) is 23.9 Å². The van der Waals surface area contributed by atoms with E-state index in [-0.39, 0.29) is 12.4 Å². The molecule has 0 aliphatic carbocycles. The van der Waals surface area contributed by atoms with E-state index in [1.54, 1.807) is 0 Å². The molecule has 1 saturated heterocycles. The Morgan fingerprint density at radius 3 is 2.74 bits per heavy atom. The van der Waals surface area contributed by atoms with Crippen molar-refractivity contribution < 1.29 is 0 Å². The molecule has 1 aromatic heterocycles. The zero-order valence-corrected chi connectivity index (χ0v) is 18.0. The Labute approximate surface area is 167 Å². The Kier molecular flexibility index (Phi) is 5.63. The molecule has 1 fully saturated rings. The highest BCUT2D eigenvalue weighted by Gasteiger charge is 2.25. The molecule has 0 saturated carbocycles. The maximum atomic E-state index is 4.87. The predicted molar refractivity (Wildman–Crippen MR) is 108 cm³/mol. The smallest absolute Gasteiger partial charge is 0.203 e. The molecule has 8 heteroatoms. The van der Waals surface area contributed by atoms with Crippen molar-refractivity contribution >= 4 is 77.2 Å². The molecule has 2 aromatic rings. The van der Waals surface area contributed by atoms with Gasteiger partial charge in [0.25, 0.3) is 0 Å². The molecule has 0 amide bonds. The van der Waals surface area contributed by atoms with Gasteiger partial charge >= 0.3 is 0 Å². The molecule has 126 valence electrons. The van der Waals surface area contributed by atoms with E-state index in [0.717, 1.165) is 57.4 Å². The second kappa shape index (κ2) is 7.20. The van der Waals surface area contributed by atoms with Gasteiger partial charge in [0.15, 0.2) is 0 Å². The highest BCUT2D eigenvalue weighted by Crippen LogP contribution is 2.43. The fourth-order valence-electron chi connectivity index (χ4n) is 3.49. The van der Waals surface area contributed by atoms with Crippen LogP contribution in [0.3, 0.4) is 0 Å². The molecule has 3 heterocycles. The molecule has 4 nitrogen and oxygen atoms in total. The molecular weight excluding hydrogens is 511 g/mol. The fourth-order valence-corrected chi connectivity index (χ4v) is 5.24. The first-order valence-corrected chi connectivity index (χ1v) is 10.1. The molecule has 0 bridgehead atoms. The topological polar surface area (TPSA) is 41.9 Å². The Morgan fingerprint density at radius 2 is 2.00 bits per heavy atom. The molecule has 1 unspecified atom stereocenters. The minimum atomic E-state index is 0. The van der Waals surface area contributed by atoms with Gasteiger partial charge in [-0.2, -0.15) is 0 Å². The summed E-state index contributed by atoms with van der Waals surface area (Å²) in [6.45, 7) is 3.11. The number of halogens is 4. The van der Waals surface area contributed by atoms with E-state index in [2.05, 4.69) is 63.0 Å². The first-order chi connectivity index (χ1) is 10.7. The Bertz CT molecular complexity index is 740. The Morgan fingerprint density at radius 1 is 1.17 bits per heavy atom. The van der Waals surface area contributed by atoms with Crippen LogP contribution in [-0.2, 0) is 13.0 Å². The molecule has 1 aromatic carbocycles. The monoisotopic (exact) mass is 526 g/mol. The summed E-state index contributed by atoms with van der Waals surface area (Å²) in [5, 5.41) is 7.09. The summed E-state index contributed by atoms with van der Waals surface area (Å²) in [5.41, 5.74) is 3.66. The van der Waals surface area contributed by atoms with Crippen molar-refractivity contribution in [3.05, 3.63) is 19.0 Å². The molecular formula is C15H18Br3ClN4. The summed E-state index contributed by atoms with van der Waals surface area (Å²) in [7, 11) is 0. The van der Waals surface area contributed by atoms with Crippen molar-refractivity contribution in [2.24, 2.45) is 0 Å². The average Bonchev–Trinajstić information content (AvgIpc) is 3.17. The maximum absolute atomic E-state index is 4.87. The summed E-state index contributed by atoms with van der Waals surface area (Å²) in [4.78, 5) is 4.87. The van der Waals surface area contributed by atoms with Crippen LogP contribution >= 0.6 is 60.2 Å². The molecule has 2 N–H and O–H groups in total. The lowest BCUT2D eigenvalue weighted by atomic mass is 10.0. The van der Waals surface area contributed by atoms with Crippen LogP contribution in [0.1, 0.15) is 24.8 Å². The van der Waals surface area contributed by atoms with Gasteiger partial charge in [-0.25, -0.2) is 4.98 Å². The summed E-state index contributed by atoms with van der Waals surface area (Å²) >= 11 is 11.1. The number of nitrogens with one attached hydrogen (secondary N) is 2. The summed E-state index contributed by atoms with van der Waals surface area (Å²) < 4.78 is 5.58. The van der Waals surface area contributed by atoms with Crippen LogP contribution in [0.4, 0.5) is 5.95 Å². The van der Waals surface area contributed by atoms with Gasteiger partial charge in [-0.05, 0) is 85.6 Å². The SMILES string of the molecule is Brc1c(Br)c2c3c(nc(NCC4CCCN4)n3CCC2)c1Br.Cl. The van der Waals surface area contributed by atoms with Crippen LogP contribution in [0.15, 0.2) is 13.4 Å². The van der Waals surface area contributed by atoms with Crippen molar-refractivity contribution in [2.45, 2.75) is 38.3 Å². The van der Waals surface area contributed by atoms with Crippen molar-refractivity contribution in [1.29, 1.82) is 0 Å². The maximum Gasteiger partial charge on any atom is 0.203 e. The van der Waals surface area contributed by atoms with Gasteiger partial charge in [-0.3, -0.25) is 0 Å². The van der Waals surface area contributed by atoms with Crippen molar-refractivity contribution in [3.8, 4) is 0 Å². The first kappa shape index (κ1) is 18.0. The Hall–Kier alpha value is 0.180. The van der Waals surface area contributed by atoms with Crippen LogP contribution in [0.2, 0.25) is 0 Å². The predicted octanol–water partition coefficient (Wildman–Crippen LogP) is 4.86. The third-order valence-electron chi connectivity index (χ3n) is 4.59. The number of aromatic nitrogens is 2. The number of aryl methyl sites for hydroxylation is 2. The van der Waals surface area contributed by atoms with Crippen molar-refractivity contribution in [2.75, 3.05) is 18.4 Å². The van der Waals surface area contributed by atoms with Crippen molar-refractivity contribution in [1.82, 2.24) is 14.9 Å². The number of imidazole rings is 1. The normalized spacial score (nSPS) is 19.9. The third-order valence-corrected chi connectivity index (χ3v) is 8.09. The van der Waals surface area contributed by atoms with Crippen LogP contribution in [0.25, 0.3) is 11.0 Å². The van der Waals surface area contributed by atoms with E-state index in [9.17, 15) is 0 Å². The number of hydrogen-bond donors (Lipinski definition) is 2. The van der Waals surface area contributed by atoms with E-state index in [1.807, 2.05) is 0 Å². The second-order valence-corrected chi connectivity index (χ2v) is 8.36. The first-order valence-electron chi connectivity index (χ1n) is 7.69. The van der Waals surface area contributed by atoms with Crippen LogP contribution in [0, 0.1) is 0 Å². The van der Waals surface area contributed by atoms with E-state index >= 15 is 0 Å². The lowest BCUT2D eigenvalue weighted by Crippen LogP contribution is -2.30. The lowest BCUT2D eigenvalue weighted by molar-refractivity contribution is 0.611. The molecule has 0 radical (unpaired) electrons. The number of rotatable bonds is 3. The fraction of sp³-hybridized carbons (Fsp3) is 0.533. The number of benzene rings is 1. The van der Waals surface area contributed by atoms with Gasteiger partial charge in [0.2, 0.25) is 5.95 Å². The van der Waals surface area contributed by atoms with Crippen LogP contribution < -0.4 is 10.6 Å². The standard InChI is InChI=1S/C15H17Br3N4.ClH/c16-10-9-4-2-6-22-14(9)13(12(18)11(10)17)21-15(22)20-7-8-3-1-5-19-8;/h8,19H,1-7H2,(H,20,21);1H. The highest BCUT2D eigenvalue weighted by molar-refractivity contribution is 9.14. The van der Waals surface area contributed by atoms with Gasteiger partial charge in [0.05, 0.1) is 9.99 Å². The molecule has 2 aliphatic rings. The zero-order valence-electron chi connectivity index (χ0n) is 12.5. The summed E-state index contributed by atoms with van der Waals surface area (Å²) in [6, 6.07) is 0.567. The molecule has 23 heavy (non-hydrogen) atoms. The van der Waals surface area contributed by atoms with Gasteiger partial charge in [-0.15, -0.1) is 12.4 Å². The number of hydrogen-bond acceptors (Lipinski definition) is 3. The number of nitrogens with zero attached hydrogens (tertiary/aromatic N) is 2. The van der Waals surface area contributed by atoms with E-state index in [0.29, 0.717) is 6.04 Å². The highest BCUT2D eigenvalue weighted by atomic mass is 79.9. The summed E-state index contributed by atoms with van der Waals surface area (Å²) in [6.07, 6.45) is 4.78. The number of anilines is 1. The van der Waals surface area contributed by atoms with E-state index in [4.69, 9.17) is 4.98 Å². The Balaban J connectivity index is 0.00000156. The zero-order chi connectivity index (χ0) is 15.3.